The molecule has 0 saturated heterocycles. The van der Waals surface area contributed by atoms with Gasteiger partial charge in [0.2, 0.25) is 0 Å². The maximum atomic E-state index is 5.81. The highest BCUT2D eigenvalue weighted by Gasteiger charge is 2.09. The third kappa shape index (κ3) is 2.86. The van der Waals surface area contributed by atoms with Crippen LogP contribution in [0.4, 0.5) is 5.69 Å². The van der Waals surface area contributed by atoms with Gasteiger partial charge in [0.25, 0.3) is 5.89 Å². The van der Waals surface area contributed by atoms with Crippen LogP contribution in [-0.2, 0) is 5.75 Å². The lowest BCUT2D eigenvalue weighted by molar-refractivity contribution is 0.425. The SMILES string of the molecule is Cc1cc(SCc2noc(-c3ccsc3)n2)ccc1N. The van der Waals surface area contributed by atoms with Crippen LogP contribution >= 0.6 is 23.1 Å². The van der Waals surface area contributed by atoms with Gasteiger partial charge in [-0.3, -0.25) is 0 Å². The van der Waals surface area contributed by atoms with Crippen molar-refractivity contribution in [2.45, 2.75) is 17.6 Å². The summed E-state index contributed by atoms with van der Waals surface area (Å²) in [5.41, 5.74) is 8.68. The first-order valence-electron chi connectivity index (χ1n) is 6.06. The number of thiophene rings is 1. The van der Waals surface area contributed by atoms with Gasteiger partial charge in [-0.25, -0.2) is 0 Å². The van der Waals surface area contributed by atoms with E-state index in [1.54, 1.807) is 23.1 Å². The summed E-state index contributed by atoms with van der Waals surface area (Å²) in [5.74, 6) is 1.96. The van der Waals surface area contributed by atoms with Crippen molar-refractivity contribution < 1.29 is 4.52 Å². The number of thioether (sulfide) groups is 1. The van der Waals surface area contributed by atoms with Gasteiger partial charge in [0.15, 0.2) is 5.82 Å². The number of nitrogen functional groups attached to an aromatic ring is 1. The molecule has 0 saturated carbocycles. The number of benzene rings is 1. The molecule has 0 aliphatic rings. The molecule has 0 fully saturated rings. The molecule has 0 spiro atoms. The molecule has 0 amide bonds. The summed E-state index contributed by atoms with van der Waals surface area (Å²) >= 11 is 3.28. The van der Waals surface area contributed by atoms with Gasteiger partial charge < -0.3 is 10.3 Å². The van der Waals surface area contributed by atoms with Crippen molar-refractivity contribution in [2.24, 2.45) is 0 Å². The Morgan fingerprint density at radius 2 is 2.25 bits per heavy atom. The lowest BCUT2D eigenvalue weighted by Gasteiger charge is -2.03. The van der Waals surface area contributed by atoms with Gasteiger partial charge in [-0.05, 0) is 42.1 Å². The molecule has 3 aromatic rings. The summed E-state index contributed by atoms with van der Waals surface area (Å²) in [4.78, 5) is 5.54. The number of aromatic nitrogens is 2. The number of nitrogens with zero attached hydrogens (tertiary/aromatic N) is 2. The largest absolute Gasteiger partial charge is 0.399 e. The van der Waals surface area contributed by atoms with Gasteiger partial charge in [-0.2, -0.15) is 16.3 Å². The average molecular weight is 303 g/mol. The van der Waals surface area contributed by atoms with E-state index in [4.69, 9.17) is 10.3 Å². The summed E-state index contributed by atoms with van der Waals surface area (Å²) in [6, 6.07) is 7.97. The Labute approximate surface area is 125 Å². The second-order valence-electron chi connectivity index (χ2n) is 4.33. The first-order valence-corrected chi connectivity index (χ1v) is 7.99. The third-order valence-corrected chi connectivity index (χ3v) is 4.52. The highest BCUT2D eigenvalue weighted by Crippen LogP contribution is 2.26. The van der Waals surface area contributed by atoms with Crippen LogP contribution in [0.15, 0.2) is 44.4 Å². The van der Waals surface area contributed by atoms with Crippen LogP contribution in [0, 0.1) is 6.92 Å². The minimum atomic E-state index is 0.579. The summed E-state index contributed by atoms with van der Waals surface area (Å²) in [5, 5.41) is 7.99. The van der Waals surface area contributed by atoms with Crippen molar-refractivity contribution in [3.63, 3.8) is 0 Å². The van der Waals surface area contributed by atoms with Gasteiger partial charge in [0, 0.05) is 16.0 Å². The zero-order valence-corrected chi connectivity index (χ0v) is 12.5. The molecule has 0 aliphatic carbocycles. The van der Waals surface area contributed by atoms with Crippen LogP contribution in [0.5, 0.6) is 0 Å². The van der Waals surface area contributed by atoms with Gasteiger partial charge >= 0.3 is 0 Å². The smallest absolute Gasteiger partial charge is 0.258 e. The predicted molar refractivity (Wildman–Crippen MR) is 82.8 cm³/mol. The molecular weight excluding hydrogens is 290 g/mol. The predicted octanol–water partition coefficient (Wildman–Crippen LogP) is 3.98. The third-order valence-electron chi connectivity index (χ3n) is 2.85. The highest BCUT2D eigenvalue weighted by molar-refractivity contribution is 7.98. The topological polar surface area (TPSA) is 64.9 Å². The molecule has 102 valence electrons. The van der Waals surface area contributed by atoms with E-state index in [2.05, 4.69) is 16.2 Å². The number of hydrogen-bond acceptors (Lipinski definition) is 6. The van der Waals surface area contributed by atoms with Crippen molar-refractivity contribution in [2.75, 3.05) is 5.73 Å². The molecule has 20 heavy (non-hydrogen) atoms. The fourth-order valence-corrected chi connectivity index (χ4v) is 3.17. The van der Waals surface area contributed by atoms with E-state index >= 15 is 0 Å². The monoisotopic (exact) mass is 303 g/mol. The highest BCUT2D eigenvalue weighted by atomic mass is 32.2. The van der Waals surface area contributed by atoms with Crippen LogP contribution in [0.1, 0.15) is 11.4 Å². The average Bonchev–Trinajstić information content (AvgIpc) is 3.09. The van der Waals surface area contributed by atoms with Crippen molar-refractivity contribution in [1.82, 2.24) is 10.1 Å². The molecule has 0 unspecified atom stereocenters. The van der Waals surface area contributed by atoms with Crippen molar-refractivity contribution in [3.8, 4) is 11.5 Å². The minimum Gasteiger partial charge on any atom is -0.399 e. The first-order chi connectivity index (χ1) is 9.72. The lowest BCUT2D eigenvalue weighted by Crippen LogP contribution is -1.89. The maximum absolute atomic E-state index is 5.81. The van der Waals surface area contributed by atoms with Crippen LogP contribution in [0.2, 0.25) is 0 Å². The van der Waals surface area contributed by atoms with Gasteiger partial charge in [-0.1, -0.05) is 5.16 Å². The van der Waals surface area contributed by atoms with E-state index in [0.29, 0.717) is 17.5 Å². The van der Waals surface area contributed by atoms with E-state index in [9.17, 15) is 0 Å². The van der Waals surface area contributed by atoms with E-state index in [-0.39, 0.29) is 0 Å². The van der Waals surface area contributed by atoms with E-state index in [1.807, 2.05) is 35.9 Å². The molecule has 0 radical (unpaired) electrons. The Kier molecular flexibility index (Phi) is 3.75. The van der Waals surface area contributed by atoms with Crippen LogP contribution in [0.3, 0.4) is 0 Å². The Bertz CT molecular complexity index is 707. The fourth-order valence-electron chi connectivity index (χ4n) is 1.70. The molecule has 1 aromatic carbocycles. The number of aryl methyl sites for hydroxylation is 1. The second kappa shape index (κ2) is 5.68. The molecule has 6 heteroatoms. The number of nitrogens with two attached hydrogens (primary N) is 1. The number of anilines is 1. The number of rotatable bonds is 4. The quantitative estimate of drug-likeness (QED) is 0.583. The molecule has 0 atom stereocenters. The van der Waals surface area contributed by atoms with Gasteiger partial charge in [0.05, 0.1) is 11.3 Å². The van der Waals surface area contributed by atoms with Crippen molar-refractivity contribution in [1.29, 1.82) is 0 Å². The van der Waals surface area contributed by atoms with Crippen LogP contribution in [0.25, 0.3) is 11.5 Å². The van der Waals surface area contributed by atoms with Crippen molar-refractivity contribution >= 4 is 28.8 Å². The zero-order chi connectivity index (χ0) is 13.9. The summed E-state index contributed by atoms with van der Waals surface area (Å²) in [7, 11) is 0. The van der Waals surface area contributed by atoms with Crippen LogP contribution in [-0.4, -0.2) is 10.1 Å². The molecule has 2 aromatic heterocycles. The Morgan fingerprint density at radius 1 is 1.35 bits per heavy atom. The molecule has 2 N–H and O–H groups in total. The molecule has 0 bridgehead atoms. The van der Waals surface area contributed by atoms with Gasteiger partial charge in [0.1, 0.15) is 0 Å². The summed E-state index contributed by atoms with van der Waals surface area (Å²) in [6.45, 7) is 2.00. The van der Waals surface area contributed by atoms with E-state index in [1.165, 1.54) is 0 Å². The summed E-state index contributed by atoms with van der Waals surface area (Å²) in [6.07, 6.45) is 0. The number of hydrogen-bond donors (Lipinski definition) is 1. The van der Waals surface area contributed by atoms with Gasteiger partial charge in [-0.15, -0.1) is 11.8 Å². The standard InChI is InChI=1S/C14H13N3OS2/c1-9-6-11(2-3-12(9)15)20-8-13-16-14(18-17-13)10-4-5-19-7-10/h2-7H,8,15H2,1H3. The Hall–Kier alpha value is -1.79. The van der Waals surface area contributed by atoms with E-state index in [0.717, 1.165) is 21.7 Å². The Balaban J connectivity index is 1.68. The zero-order valence-electron chi connectivity index (χ0n) is 10.9. The normalized spacial score (nSPS) is 10.8. The lowest BCUT2D eigenvalue weighted by atomic mass is 10.2. The second-order valence-corrected chi connectivity index (χ2v) is 6.16. The Morgan fingerprint density at radius 3 is 3.00 bits per heavy atom. The molecule has 3 rings (SSSR count). The molecular formula is C14H13N3OS2. The van der Waals surface area contributed by atoms with Crippen LogP contribution < -0.4 is 5.73 Å². The molecule has 2 heterocycles. The molecule has 4 nitrogen and oxygen atoms in total. The fraction of sp³-hybridized carbons (Fsp3) is 0.143. The maximum Gasteiger partial charge on any atom is 0.258 e. The van der Waals surface area contributed by atoms with Crippen molar-refractivity contribution in [3.05, 3.63) is 46.4 Å². The summed E-state index contributed by atoms with van der Waals surface area (Å²) < 4.78 is 5.25. The molecule has 0 aliphatic heterocycles. The van der Waals surface area contributed by atoms with E-state index < -0.39 is 0 Å². The minimum absolute atomic E-state index is 0.579. The first kappa shape index (κ1) is 13.2.